The lowest BCUT2D eigenvalue weighted by atomic mass is 10.1. The van der Waals surface area contributed by atoms with Crippen LogP contribution in [0.5, 0.6) is 0 Å². The predicted molar refractivity (Wildman–Crippen MR) is 93.9 cm³/mol. The summed E-state index contributed by atoms with van der Waals surface area (Å²) in [5.41, 5.74) is 0.748. The van der Waals surface area contributed by atoms with Gasteiger partial charge in [-0.25, -0.2) is 4.68 Å². The lowest BCUT2D eigenvalue weighted by Gasteiger charge is -2.13. The first kappa shape index (κ1) is 18.0. The molecule has 1 atom stereocenters. The molecule has 5 nitrogen and oxygen atoms in total. The highest BCUT2D eigenvalue weighted by Gasteiger charge is 2.34. The van der Waals surface area contributed by atoms with Crippen LogP contribution < -0.4 is 10.6 Å². The van der Waals surface area contributed by atoms with E-state index in [4.69, 9.17) is 0 Å². The molecule has 2 aromatic rings. The van der Waals surface area contributed by atoms with Gasteiger partial charge in [-0.1, -0.05) is 6.07 Å². The van der Waals surface area contributed by atoms with Crippen LogP contribution in [0, 0.1) is 0 Å². The SMILES string of the molecule is O=C(NCC1CCCN1)c1cnn(-c2cccc(C(F)(F)F)c2)c1C1CC1. The molecule has 1 saturated carbocycles. The fraction of sp³-hybridized carbons (Fsp3) is 0.474. The smallest absolute Gasteiger partial charge is 0.350 e. The molecule has 144 valence electrons. The Morgan fingerprint density at radius 1 is 1.30 bits per heavy atom. The fourth-order valence-electron chi connectivity index (χ4n) is 3.54. The Bertz CT molecular complexity index is 836. The third-order valence-corrected chi connectivity index (χ3v) is 5.10. The van der Waals surface area contributed by atoms with Crippen LogP contribution in [0.25, 0.3) is 5.69 Å². The molecule has 1 saturated heterocycles. The molecule has 2 fully saturated rings. The van der Waals surface area contributed by atoms with Crippen molar-refractivity contribution in [2.75, 3.05) is 13.1 Å². The molecule has 1 aromatic carbocycles. The minimum absolute atomic E-state index is 0.160. The fourth-order valence-corrected chi connectivity index (χ4v) is 3.54. The van der Waals surface area contributed by atoms with Gasteiger partial charge in [-0.2, -0.15) is 18.3 Å². The lowest BCUT2D eigenvalue weighted by Crippen LogP contribution is -2.37. The van der Waals surface area contributed by atoms with Crippen molar-refractivity contribution in [3.05, 3.63) is 47.3 Å². The van der Waals surface area contributed by atoms with Gasteiger partial charge in [-0.15, -0.1) is 0 Å². The second-order valence-corrected chi connectivity index (χ2v) is 7.18. The Hall–Kier alpha value is -2.35. The highest BCUT2D eigenvalue weighted by Crippen LogP contribution is 2.42. The number of rotatable bonds is 5. The summed E-state index contributed by atoms with van der Waals surface area (Å²) in [6.07, 6.45) is 0.994. The largest absolute Gasteiger partial charge is 0.416 e. The molecule has 1 aliphatic carbocycles. The molecule has 27 heavy (non-hydrogen) atoms. The van der Waals surface area contributed by atoms with Gasteiger partial charge in [0.05, 0.1) is 28.7 Å². The highest BCUT2D eigenvalue weighted by atomic mass is 19.4. The number of carbonyl (C=O) groups is 1. The number of hydrogen-bond acceptors (Lipinski definition) is 3. The lowest BCUT2D eigenvalue weighted by molar-refractivity contribution is -0.137. The van der Waals surface area contributed by atoms with Crippen LogP contribution >= 0.6 is 0 Å². The van der Waals surface area contributed by atoms with E-state index in [0.29, 0.717) is 23.5 Å². The second kappa shape index (κ2) is 6.99. The van der Waals surface area contributed by atoms with E-state index in [2.05, 4.69) is 15.7 Å². The third-order valence-electron chi connectivity index (χ3n) is 5.10. The van der Waals surface area contributed by atoms with Crippen molar-refractivity contribution in [3.63, 3.8) is 0 Å². The van der Waals surface area contributed by atoms with Crippen molar-refractivity contribution in [2.45, 2.75) is 43.8 Å². The van der Waals surface area contributed by atoms with Crippen molar-refractivity contribution in [1.29, 1.82) is 0 Å². The molecule has 1 aromatic heterocycles. The van der Waals surface area contributed by atoms with E-state index in [0.717, 1.165) is 44.4 Å². The number of nitrogens with zero attached hydrogens (tertiary/aromatic N) is 2. The minimum atomic E-state index is -4.42. The zero-order valence-electron chi connectivity index (χ0n) is 14.7. The van der Waals surface area contributed by atoms with Gasteiger partial charge in [-0.05, 0) is 50.4 Å². The average Bonchev–Trinajstić information content (AvgIpc) is 3.17. The zero-order chi connectivity index (χ0) is 19.0. The molecule has 0 bridgehead atoms. The Kier molecular flexibility index (Phi) is 4.67. The molecule has 8 heteroatoms. The molecule has 0 radical (unpaired) electrons. The predicted octanol–water partition coefficient (Wildman–Crippen LogP) is 3.25. The van der Waals surface area contributed by atoms with Crippen molar-refractivity contribution in [3.8, 4) is 5.69 Å². The van der Waals surface area contributed by atoms with E-state index < -0.39 is 11.7 Å². The number of carbonyl (C=O) groups excluding carboxylic acids is 1. The summed E-state index contributed by atoms with van der Waals surface area (Å²) in [6.45, 7) is 1.50. The first-order valence-electron chi connectivity index (χ1n) is 9.20. The van der Waals surface area contributed by atoms with E-state index in [1.54, 1.807) is 6.07 Å². The van der Waals surface area contributed by atoms with Crippen LogP contribution in [-0.2, 0) is 6.18 Å². The second-order valence-electron chi connectivity index (χ2n) is 7.18. The summed E-state index contributed by atoms with van der Waals surface area (Å²) in [6, 6.07) is 5.33. The minimum Gasteiger partial charge on any atom is -0.350 e. The molecule has 1 aliphatic heterocycles. The van der Waals surface area contributed by atoms with Gasteiger partial charge in [0, 0.05) is 18.5 Å². The summed E-state index contributed by atoms with van der Waals surface area (Å²) < 4.78 is 40.6. The van der Waals surface area contributed by atoms with Crippen LogP contribution in [0.2, 0.25) is 0 Å². The van der Waals surface area contributed by atoms with Gasteiger partial charge in [0.1, 0.15) is 0 Å². The summed E-state index contributed by atoms with van der Waals surface area (Å²) in [5, 5.41) is 10.5. The van der Waals surface area contributed by atoms with Gasteiger partial charge in [0.15, 0.2) is 0 Å². The molecular formula is C19H21F3N4O. The Labute approximate surface area is 154 Å². The number of halogens is 3. The maximum atomic E-state index is 13.0. The summed E-state index contributed by atoms with van der Waals surface area (Å²) in [4.78, 5) is 12.7. The van der Waals surface area contributed by atoms with Crippen LogP contribution in [0.3, 0.4) is 0 Å². The number of alkyl halides is 3. The highest BCUT2D eigenvalue weighted by molar-refractivity contribution is 5.95. The molecule has 1 amide bonds. The molecule has 4 rings (SSSR count). The molecule has 0 spiro atoms. The zero-order valence-corrected chi connectivity index (χ0v) is 14.7. The van der Waals surface area contributed by atoms with Gasteiger partial charge in [-0.3, -0.25) is 4.79 Å². The Morgan fingerprint density at radius 2 is 2.11 bits per heavy atom. The Balaban J connectivity index is 1.60. The first-order chi connectivity index (χ1) is 12.9. The van der Waals surface area contributed by atoms with Crippen molar-refractivity contribution < 1.29 is 18.0 Å². The third kappa shape index (κ3) is 3.85. The maximum absolute atomic E-state index is 13.0. The summed E-state index contributed by atoms with van der Waals surface area (Å²) in [7, 11) is 0. The molecule has 2 heterocycles. The van der Waals surface area contributed by atoms with E-state index in [1.165, 1.54) is 16.9 Å². The monoisotopic (exact) mass is 378 g/mol. The number of amides is 1. The average molecular weight is 378 g/mol. The Morgan fingerprint density at radius 3 is 2.78 bits per heavy atom. The van der Waals surface area contributed by atoms with E-state index in [9.17, 15) is 18.0 Å². The van der Waals surface area contributed by atoms with Gasteiger partial charge in [0.25, 0.3) is 5.91 Å². The molecule has 2 aliphatic rings. The quantitative estimate of drug-likeness (QED) is 0.840. The number of benzene rings is 1. The van der Waals surface area contributed by atoms with Crippen molar-refractivity contribution >= 4 is 5.91 Å². The maximum Gasteiger partial charge on any atom is 0.416 e. The molecule has 1 unspecified atom stereocenters. The van der Waals surface area contributed by atoms with E-state index in [-0.39, 0.29) is 17.9 Å². The standard InChI is InChI=1S/C19H21F3N4O/c20-19(21,22)13-3-1-5-15(9-13)26-17(12-6-7-12)16(11-25-26)18(27)24-10-14-4-2-8-23-14/h1,3,5,9,11-12,14,23H,2,4,6-8,10H2,(H,24,27). The van der Waals surface area contributed by atoms with Crippen LogP contribution in [0.1, 0.15) is 53.2 Å². The van der Waals surface area contributed by atoms with Crippen molar-refractivity contribution in [1.82, 2.24) is 20.4 Å². The van der Waals surface area contributed by atoms with Gasteiger partial charge < -0.3 is 10.6 Å². The van der Waals surface area contributed by atoms with Crippen LogP contribution in [0.15, 0.2) is 30.5 Å². The summed E-state index contributed by atoms with van der Waals surface area (Å²) in [5.74, 6) is -0.0591. The van der Waals surface area contributed by atoms with Gasteiger partial charge >= 0.3 is 6.18 Å². The number of aromatic nitrogens is 2. The topological polar surface area (TPSA) is 59.0 Å². The number of hydrogen-bond donors (Lipinski definition) is 2. The number of nitrogens with one attached hydrogen (secondary N) is 2. The molecule has 2 N–H and O–H groups in total. The first-order valence-corrected chi connectivity index (χ1v) is 9.20. The van der Waals surface area contributed by atoms with Crippen LogP contribution in [-0.4, -0.2) is 34.8 Å². The van der Waals surface area contributed by atoms with E-state index in [1.807, 2.05) is 0 Å². The van der Waals surface area contributed by atoms with Crippen molar-refractivity contribution in [2.24, 2.45) is 0 Å². The normalized spacial score (nSPS) is 20.0. The van der Waals surface area contributed by atoms with Crippen LogP contribution in [0.4, 0.5) is 13.2 Å². The molecular weight excluding hydrogens is 357 g/mol. The summed E-state index contributed by atoms with van der Waals surface area (Å²) >= 11 is 0. The van der Waals surface area contributed by atoms with E-state index >= 15 is 0 Å². The van der Waals surface area contributed by atoms with Gasteiger partial charge in [0.2, 0.25) is 0 Å².